The molecule has 2 aliphatic carbocycles. The standard InChI is InChI=1S/C14H22N2O3/c1-8-11(13(17)18)4-5-16(8)14(19)15-12-7-9-2-3-10(12)6-9/h8-12H,2-7H2,1H3,(H,15,19)(H,17,18). The van der Waals surface area contributed by atoms with Crippen LogP contribution in [0.1, 0.15) is 39.0 Å². The number of carbonyl (C=O) groups is 2. The molecule has 5 unspecified atom stereocenters. The SMILES string of the molecule is CC1C(C(=O)O)CCN1C(=O)NC1CC2CCC1C2. The highest BCUT2D eigenvalue weighted by atomic mass is 16.4. The highest BCUT2D eigenvalue weighted by Crippen LogP contribution is 2.44. The molecule has 5 heteroatoms. The van der Waals surface area contributed by atoms with Gasteiger partial charge in [0.2, 0.25) is 0 Å². The molecule has 2 bridgehead atoms. The predicted octanol–water partition coefficient (Wildman–Crippen LogP) is 1.68. The van der Waals surface area contributed by atoms with Crippen LogP contribution in [-0.2, 0) is 4.79 Å². The molecule has 0 aromatic carbocycles. The van der Waals surface area contributed by atoms with E-state index in [0.29, 0.717) is 24.9 Å². The van der Waals surface area contributed by atoms with Crippen molar-refractivity contribution in [2.75, 3.05) is 6.54 Å². The number of likely N-dealkylation sites (tertiary alicyclic amines) is 1. The summed E-state index contributed by atoms with van der Waals surface area (Å²) < 4.78 is 0. The molecule has 19 heavy (non-hydrogen) atoms. The third kappa shape index (κ3) is 2.19. The Morgan fingerprint density at radius 2 is 2.00 bits per heavy atom. The Hall–Kier alpha value is -1.26. The van der Waals surface area contributed by atoms with Crippen molar-refractivity contribution in [3.05, 3.63) is 0 Å². The summed E-state index contributed by atoms with van der Waals surface area (Å²) in [5.41, 5.74) is 0. The first-order valence-corrected chi connectivity index (χ1v) is 7.36. The van der Waals surface area contributed by atoms with E-state index in [0.717, 1.165) is 12.3 Å². The van der Waals surface area contributed by atoms with E-state index in [2.05, 4.69) is 5.32 Å². The highest BCUT2D eigenvalue weighted by molar-refractivity contribution is 5.78. The van der Waals surface area contributed by atoms with Gasteiger partial charge in [-0.05, 0) is 44.4 Å². The summed E-state index contributed by atoms with van der Waals surface area (Å²) in [4.78, 5) is 25.0. The van der Waals surface area contributed by atoms with E-state index >= 15 is 0 Å². The number of aliphatic carboxylic acids is 1. The lowest BCUT2D eigenvalue weighted by atomic mass is 9.95. The van der Waals surface area contributed by atoms with Gasteiger partial charge in [0.15, 0.2) is 0 Å². The molecule has 2 amide bonds. The largest absolute Gasteiger partial charge is 0.481 e. The summed E-state index contributed by atoms with van der Waals surface area (Å²) in [6, 6.07) is 0.0622. The van der Waals surface area contributed by atoms with Crippen molar-refractivity contribution in [3.8, 4) is 0 Å². The quantitative estimate of drug-likeness (QED) is 0.799. The van der Waals surface area contributed by atoms with E-state index in [-0.39, 0.29) is 12.1 Å². The zero-order valence-electron chi connectivity index (χ0n) is 11.3. The smallest absolute Gasteiger partial charge is 0.317 e. The average molecular weight is 266 g/mol. The number of fused-ring (bicyclic) bond motifs is 2. The molecule has 1 heterocycles. The van der Waals surface area contributed by atoms with Crippen molar-refractivity contribution in [1.29, 1.82) is 0 Å². The second-order valence-corrected chi connectivity index (χ2v) is 6.40. The van der Waals surface area contributed by atoms with Gasteiger partial charge in [-0.2, -0.15) is 0 Å². The van der Waals surface area contributed by atoms with Crippen LogP contribution in [0.2, 0.25) is 0 Å². The summed E-state index contributed by atoms with van der Waals surface area (Å²) in [5, 5.41) is 12.2. The summed E-state index contributed by atoms with van der Waals surface area (Å²) >= 11 is 0. The maximum atomic E-state index is 12.3. The summed E-state index contributed by atoms with van der Waals surface area (Å²) in [6.07, 6.45) is 5.50. The number of rotatable bonds is 2. The van der Waals surface area contributed by atoms with Crippen LogP contribution in [0.5, 0.6) is 0 Å². The Kier molecular flexibility index (Phi) is 3.15. The molecule has 2 N–H and O–H groups in total. The van der Waals surface area contributed by atoms with Crippen LogP contribution >= 0.6 is 0 Å². The number of carboxylic acids is 1. The summed E-state index contributed by atoms with van der Waals surface area (Å²) in [6.45, 7) is 2.40. The van der Waals surface area contributed by atoms with E-state index in [4.69, 9.17) is 5.11 Å². The zero-order valence-corrected chi connectivity index (χ0v) is 11.3. The molecule has 5 atom stereocenters. The maximum absolute atomic E-state index is 12.3. The van der Waals surface area contributed by atoms with Crippen LogP contribution < -0.4 is 5.32 Å². The second kappa shape index (κ2) is 4.69. The minimum absolute atomic E-state index is 0.0613. The van der Waals surface area contributed by atoms with Crippen LogP contribution in [0.3, 0.4) is 0 Å². The molecule has 3 rings (SSSR count). The number of carboxylic acid groups (broad SMARTS) is 1. The number of hydrogen-bond acceptors (Lipinski definition) is 2. The summed E-state index contributed by atoms with van der Waals surface area (Å²) in [7, 11) is 0. The lowest BCUT2D eigenvalue weighted by molar-refractivity contribution is -0.142. The maximum Gasteiger partial charge on any atom is 0.317 e. The Labute approximate surface area is 113 Å². The molecule has 1 saturated heterocycles. The molecule has 0 aromatic heterocycles. The molecular weight excluding hydrogens is 244 g/mol. The number of urea groups is 1. The Bertz CT molecular complexity index is 398. The van der Waals surface area contributed by atoms with Crippen molar-refractivity contribution < 1.29 is 14.7 Å². The molecular formula is C14H22N2O3. The first-order valence-electron chi connectivity index (χ1n) is 7.36. The highest BCUT2D eigenvalue weighted by Gasteiger charge is 2.43. The fourth-order valence-electron chi connectivity index (χ4n) is 4.22. The molecule has 2 saturated carbocycles. The summed E-state index contributed by atoms with van der Waals surface area (Å²) in [5.74, 6) is 0.258. The fourth-order valence-corrected chi connectivity index (χ4v) is 4.22. The molecule has 3 fully saturated rings. The van der Waals surface area contributed by atoms with Gasteiger partial charge in [-0.25, -0.2) is 4.79 Å². The van der Waals surface area contributed by atoms with Gasteiger partial charge in [0.1, 0.15) is 0 Å². The van der Waals surface area contributed by atoms with Gasteiger partial charge in [-0.15, -0.1) is 0 Å². The molecule has 5 nitrogen and oxygen atoms in total. The minimum Gasteiger partial charge on any atom is -0.481 e. The van der Waals surface area contributed by atoms with E-state index < -0.39 is 11.9 Å². The number of nitrogens with zero attached hydrogens (tertiary/aromatic N) is 1. The fraction of sp³-hybridized carbons (Fsp3) is 0.857. The molecule has 0 radical (unpaired) electrons. The van der Waals surface area contributed by atoms with Crippen molar-refractivity contribution in [2.45, 2.75) is 51.1 Å². The molecule has 0 spiro atoms. The molecule has 0 aromatic rings. The lowest BCUT2D eigenvalue weighted by Gasteiger charge is -2.29. The van der Waals surface area contributed by atoms with Crippen LogP contribution in [0, 0.1) is 17.8 Å². The minimum atomic E-state index is -0.789. The van der Waals surface area contributed by atoms with Gasteiger partial charge in [-0.1, -0.05) is 6.42 Å². The number of nitrogens with one attached hydrogen (secondary N) is 1. The van der Waals surface area contributed by atoms with Gasteiger partial charge in [0.25, 0.3) is 0 Å². The van der Waals surface area contributed by atoms with Crippen LogP contribution in [0.25, 0.3) is 0 Å². The topological polar surface area (TPSA) is 69.6 Å². The van der Waals surface area contributed by atoms with Crippen molar-refractivity contribution in [2.24, 2.45) is 17.8 Å². The zero-order chi connectivity index (χ0) is 13.6. The Balaban J connectivity index is 1.58. The van der Waals surface area contributed by atoms with Crippen LogP contribution in [0.15, 0.2) is 0 Å². The van der Waals surface area contributed by atoms with Gasteiger partial charge < -0.3 is 15.3 Å². The van der Waals surface area contributed by atoms with Gasteiger partial charge in [0, 0.05) is 18.6 Å². The average Bonchev–Trinajstić information content (AvgIpc) is 3.02. The van der Waals surface area contributed by atoms with Crippen molar-refractivity contribution in [1.82, 2.24) is 10.2 Å². The Morgan fingerprint density at radius 3 is 2.53 bits per heavy atom. The third-order valence-electron chi connectivity index (χ3n) is 5.38. The van der Waals surface area contributed by atoms with Crippen molar-refractivity contribution in [3.63, 3.8) is 0 Å². The number of hydrogen-bond donors (Lipinski definition) is 2. The monoisotopic (exact) mass is 266 g/mol. The van der Waals surface area contributed by atoms with E-state index in [9.17, 15) is 9.59 Å². The van der Waals surface area contributed by atoms with Gasteiger partial charge >= 0.3 is 12.0 Å². The van der Waals surface area contributed by atoms with Crippen LogP contribution in [0.4, 0.5) is 4.79 Å². The van der Waals surface area contributed by atoms with E-state index in [1.807, 2.05) is 6.92 Å². The van der Waals surface area contributed by atoms with Gasteiger partial charge in [-0.3, -0.25) is 4.79 Å². The predicted molar refractivity (Wildman–Crippen MR) is 69.7 cm³/mol. The lowest BCUT2D eigenvalue weighted by Crippen LogP contribution is -2.48. The normalized spacial score (nSPS) is 40.7. The first kappa shape index (κ1) is 12.8. The third-order valence-corrected chi connectivity index (χ3v) is 5.38. The molecule has 106 valence electrons. The first-order chi connectivity index (χ1) is 9.06. The van der Waals surface area contributed by atoms with Gasteiger partial charge in [0.05, 0.1) is 5.92 Å². The van der Waals surface area contributed by atoms with Crippen LogP contribution in [-0.4, -0.2) is 40.6 Å². The van der Waals surface area contributed by atoms with E-state index in [1.165, 1.54) is 19.3 Å². The van der Waals surface area contributed by atoms with Crippen molar-refractivity contribution >= 4 is 12.0 Å². The van der Waals surface area contributed by atoms with E-state index in [1.54, 1.807) is 4.90 Å². The number of carbonyl (C=O) groups excluding carboxylic acids is 1. The molecule has 3 aliphatic rings. The second-order valence-electron chi connectivity index (χ2n) is 6.40. The number of amides is 2. The Morgan fingerprint density at radius 1 is 1.21 bits per heavy atom. The molecule has 1 aliphatic heterocycles.